The van der Waals surface area contributed by atoms with Gasteiger partial charge in [0.15, 0.2) is 0 Å². The third-order valence-electron chi connectivity index (χ3n) is 7.08. The first-order valence-electron chi connectivity index (χ1n) is 14.0. The molecule has 0 radical (unpaired) electrons. The SMILES string of the molecule is O[Si]1(c2ccccc2)O[Si](O)(c2ccccc2)O[Si](O)(c2ccccc2)O[Si](O)(c2ccccc2)O[Si](O)(c2ccccc2)O1. The molecular weight excluding hydrogens is 661 g/mol. The summed E-state index contributed by atoms with van der Waals surface area (Å²) in [6.07, 6.45) is 0. The molecule has 15 heteroatoms. The molecule has 0 saturated carbocycles. The zero-order valence-electron chi connectivity index (χ0n) is 23.7. The van der Waals surface area contributed by atoms with E-state index in [9.17, 15) is 24.0 Å². The summed E-state index contributed by atoms with van der Waals surface area (Å²) in [5.41, 5.74) is 0. The molecule has 1 aliphatic heterocycles. The van der Waals surface area contributed by atoms with Gasteiger partial charge in [-0.2, -0.15) is 0 Å². The molecule has 5 aromatic rings. The highest BCUT2D eigenvalue weighted by atomic mass is 28.6. The third-order valence-corrected chi connectivity index (χ3v) is 23.5. The number of hydrogen-bond acceptors (Lipinski definition) is 10. The van der Waals surface area contributed by atoms with Crippen LogP contribution in [0, 0.1) is 0 Å². The molecule has 1 fully saturated rings. The van der Waals surface area contributed by atoms with Crippen molar-refractivity contribution in [1.82, 2.24) is 0 Å². The van der Waals surface area contributed by atoms with Gasteiger partial charge in [0, 0.05) is 25.9 Å². The molecule has 0 spiro atoms. The van der Waals surface area contributed by atoms with Crippen molar-refractivity contribution in [2.75, 3.05) is 0 Å². The Morgan fingerprint density at radius 3 is 0.511 bits per heavy atom. The molecule has 6 rings (SSSR count). The smallest absolute Gasteiger partial charge is 0.387 e. The average Bonchev–Trinajstić information content (AvgIpc) is 3.06. The van der Waals surface area contributed by atoms with Crippen LogP contribution in [0.25, 0.3) is 0 Å². The fraction of sp³-hybridized carbons (Fsp3) is 0. The van der Waals surface area contributed by atoms with Crippen molar-refractivity contribution in [1.29, 1.82) is 0 Å². The van der Waals surface area contributed by atoms with Crippen LogP contribution in [-0.4, -0.2) is 68.0 Å². The van der Waals surface area contributed by atoms with Gasteiger partial charge in [-0.25, -0.2) is 0 Å². The highest BCUT2D eigenvalue weighted by Crippen LogP contribution is 2.27. The maximum atomic E-state index is 12.5. The van der Waals surface area contributed by atoms with Crippen molar-refractivity contribution in [3.63, 3.8) is 0 Å². The maximum Gasteiger partial charge on any atom is 0.520 e. The number of benzene rings is 5. The Kier molecular flexibility index (Phi) is 8.84. The second-order valence-electron chi connectivity index (χ2n) is 10.2. The quantitative estimate of drug-likeness (QED) is 0.150. The molecule has 0 amide bonds. The lowest BCUT2D eigenvalue weighted by Gasteiger charge is -2.44. The summed E-state index contributed by atoms with van der Waals surface area (Å²) in [6.45, 7) is 0. The molecule has 45 heavy (non-hydrogen) atoms. The lowest BCUT2D eigenvalue weighted by Crippen LogP contribution is -2.80. The van der Waals surface area contributed by atoms with Gasteiger partial charge in [0.25, 0.3) is 0 Å². The summed E-state index contributed by atoms with van der Waals surface area (Å²) in [7, 11) is -24.9. The van der Waals surface area contributed by atoms with Crippen LogP contribution < -0.4 is 25.9 Å². The van der Waals surface area contributed by atoms with E-state index in [2.05, 4.69) is 0 Å². The highest BCUT2D eigenvalue weighted by Gasteiger charge is 2.67. The van der Waals surface area contributed by atoms with E-state index in [1.165, 1.54) is 60.7 Å². The number of hydrogen-bond donors (Lipinski definition) is 5. The maximum absolute atomic E-state index is 12.5. The second-order valence-corrected chi connectivity index (χ2v) is 23.0. The van der Waals surface area contributed by atoms with Gasteiger partial charge in [-0.05, 0) is 0 Å². The first-order chi connectivity index (χ1) is 21.6. The van der Waals surface area contributed by atoms with E-state index in [1.807, 2.05) is 0 Å². The average molecular weight is 691 g/mol. The van der Waals surface area contributed by atoms with Gasteiger partial charge in [-0.3, -0.25) is 0 Å². The molecule has 0 aliphatic carbocycles. The van der Waals surface area contributed by atoms with Crippen molar-refractivity contribution in [3.8, 4) is 0 Å². The minimum Gasteiger partial charge on any atom is -0.387 e. The predicted octanol–water partition coefficient (Wildman–Crippen LogP) is -0.725. The van der Waals surface area contributed by atoms with E-state index in [-0.39, 0.29) is 25.9 Å². The van der Waals surface area contributed by atoms with E-state index in [1.54, 1.807) is 91.0 Å². The Morgan fingerprint density at radius 2 is 0.378 bits per heavy atom. The van der Waals surface area contributed by atoms with Gasteiger partial charge in [0.1, 0.15) is 0 Å². The summed E-state index contributed by atoms with van der Waals surface area (Å²) in [4.78, 5) is 62.3. The van der Waals surface area contributed by atoms with Gasteiger partial charge < -0.3 is 44.6 Å². The van der Waals surface area contributed by atoms with Gasteiger partial charge >= 0.3 is 44.0 Å². The summed E-state index contributed by atoms with van der Waals surface area (Å²) in [5, 5.41) is 0.543. The molecular formula is C30H30O10Si5. The lowest BCUT2D eigenvalue weighted by atomic mass is 10.4. The molecule has 0 bridgehead atoms. The van der Waals surface area contributed by atoms with Gasteiger partial charge in [0.2, 0.25) is 0 Å². The third kappa shape index (κ3) is 6.55. The molecule has 1 heterocycles. The van der Waals surface area contributed by atoms with E-state index in [0.29, 0.717) is 0 Å². The van der Waals surface area contributed by atoms with E-state index in [0.717, 1.165) is 0 Å². The zero-order valence-corrected chi connectivity index (χ0v) is 28.7. The van der Waals surface area contributed by atoms with Gasteiger partial charge in [-0.1, -0.05) is 152 Å². The van der Waals surface area contributed by atoms with Crippen molar-refractivity contribution < 1.29 is 44.6 Å². The summed E-state index contributed by atoms with van der Waals surface area (Å²) in [5.74, 6) is 0. The normalized spacial score (nSPS) is 30.8. The fourth-order valence-electron chi connectivity index (χ4n) is 4.87. The summed E-state index contributed by atoms with van der Waals surface area (Å²) >= 11 is 0. The van der Waals surface area contributed by atoms with E-state index < -0.39 is 44.0 Å². The molecule has 230 valence electrons. The van der Waals surface area contributed by atoms with Gasteiger partial charge in [0.05, 0.1) is 0 Å². The van der Waals surface area contributed by atoms with Crippen LogP contribution in [0.2, 0.25) is 0 Å². The molecule has 1 saturated heterocycles. The second kappa shape index (κ2) is 12.5. The van der Waals surface area contributed by atoms with Gasteiger partial charge in [-0.15, -0.1) is 0 Å². The molecule has 0 atom stereocenters. The molecule has 0 unspecified atom stereocenters. The minimum atomic E-state index is -4.97. The molecule has 1 aliphatic rings. The van der Waals surface area contributed by atoms with Crippen LogP contribution in [0.1, 0.15) is 0 Å². The fourth-order valence-corrected chi connectivity index (χ4v) is 22.9. The Hall–Kier alpha value is -3.22. The molecule has 10 nitrogen and oxygen atoms in total. The van der Waals surface area contributed by atoms with Crippen LogP contribution in [0.4, 0.5) is 0 Å². The van der Waals surface area contributed by atoms with Crippen LogP contribution in [0.5, 0.6) is 0 Å². The zero-order chi connectivity index (χ0) is 31.6. The van der Waals surface area contributed by atoms with Crippen LogP contribution >= 0.6 is 0 Å². The predicted molar refractivity (Wildman–Crippen MR) is 176 cm³/mol. The first-order valence-corrected chi connectivity index (χ1v) is 22.8. The van der Waals surface area contributed by atoms with E-state index >= 15 is 0 Å². The molecule has 5 N–H and O–H groups in total. The summed E-state index contributed by atoms with van der Waals surface area (Å²) < 4.78 is 31.2. The van der Waals surface area contributed by atoms with Crippen molar-refractivity contribution >= 4 is 70.0 Å². The molecule has 5 aromatic carbocycles. The van der Waals surface area contributed by atoms with E-state index in [4.69, 9.17) is 20.6 Å². The van der Waals surface area contributed by atoms with Crippen LogP contribution in [0.15, 0.2) is 152 Å². The Labute approximate surface area is 265 Å². The first kappa shape index (κ1) is 31.8. The van der Waals surface area contributed by atoms with Crippen molar-refractivity contribution in [2.24, 2.45) is 0 Å². The Balaban J connectivity index is 1.65. The van der Waals surface area contributed by atoms with Crippen molar-refractivity contribution in [3.05, 3.63) is 152 Å². The van der Waals surface area contributed by atoms with Crippen molar-refractivity contribution in [2.45, 2.75) is 0 Å². The topological polar surface area (TPSA) is 147 Å². The summed E-state index contributed by atoms with van der Waals surface area (Å²) in [6, 6.07) is 40.1. The van der Waals surface area contributed by atoms with Crippen LogP contribution in [0.3, 0.4) is 0 Å². The Bertz CT molecular complexity index is 1400. The minimum absolute atomic E-state index is 0.109. The largest absolute Gasteiger partial charge is 0.520 e. The van der Waals surface area contributed by atoms with Crippen LogP contribution in [-0.2, 0) is 20.6 Å². The number of rotatable bonds is 5. The highest BCUT2D eigenvalue weighted by molar-refractivity contribution is 7.00. The monoisotopic (exact) mass is 690 g/mol. The molecule has 0 aromatic heterocycles. The standard InChI is InChI=1S/C30H30O10Si5/c31-41(26-16-6-1-7-17-26)36-42(32,27-18-8-2-9-19-27)38-44(34,29-22-12-4-13-23-29)40-45(35,30-24-14-5-15-25-30)39-43(33,37-41)28-20-10-3-11-21-28/h1-25,31-35H. The lowest BCUT2D eigenvalue weighted by molar-refractivity contribution is 0.0947. The Morgan fingerprint density at radius 1 is 0.244 bits per heavy atom.